The Hall–Kier alpha value is -1.92. The Balaban J connectivity index is 1.60. The van der Waals surface area contributed by atoms with E-state index in [1.165, 1.54) is 17.0 Å². The number of ether oxygens (including phenoxy) is 2. The zero-order chi connectivity index (χ0) is 18.5. The van der Waals surface area contributed by atoms with E-state index in [4.69, 9.17) is 21.1 Å². The van der Waals surface area contributed by atoms with E-state index in [2.05, 4.69) is 0 Å². The highest BCUT2D eigenvalue weighted by atomic mass is 35.5. The summed E-state index contributed by atoms with van der Waals surface area (Å²) >= 11 is 5.73. The number of amides is 1. The normalized spacial score (nSPS) is 31.6. The van der Waals surface area contributed by atoms with Gasteiger partial charge in [-0.25, -0.2) is 4.39 Å². The lowest BCUT2D eigenvalue weighted by molar-refractivity contribution is -0.152. The van der Waals surface area contributed by atoms with Crippen LogP contribution in [0, 0.1) is 17.7 Å². The van der Waals surface area contributed by atoms with E-state index in [1.807, 2.05) is 19.1 Å². The van der Waals surface area contributed by atoms with Gasteiger partial charge >= 0.3 is 5.97 Å². The van der Waals surface area contributed by atoms with Crippen LogP contribution in [-0.4, -0.2) is 36.7 Å². The van der Waals surface area contributed by atoms with Crippen LogP contribution in [0.5, 0.6) is 0 Å². The largest absolute Gasteiger partial charge is 0.465 e. The number of hydrogen-bond acceptors (Lipinski definition) is 4. The number of rotatable bonds is 5. The molecule has 5 nitrogen and oxygen atoms in total. The summed E-state index contributed by atoms with van der Waals surface area (Å²) in [5, 5.41) is -0.00629. The highest BCUT2D eigenvalue weighted by Gasteiger charge is 2.67. The van der Waals surface area contributed by atoms with Crippen molar-refractivity contribution in [3.63, 3.8) is 0 Å². The molecule has 26 heavy (non-hydrogen) atoms. The van der Waals surface area contributed by atoms with Gasteiger partial charge in [-0.05, 0) is 24.6 Å². The summed E-state index contributed by atoms with van der Waals surface area (Å²) in [7, 11) is 0. The van der Waals surface area contributed by atoms with Gasteiger partial charge in [-0.3, -0.25) is 9.59 Å². The van der Waals surface area contributed by atoms with Gasteiger partial charge in [0.2, 0.25) is 5.91 Å². The van der Waals surface area contributed by atoms with Gasteiger partial charge in [0.05, 0.1) is 30.2 Å². The van der Waals surface area contributed by atoms with Crippen molar-refractivity contribution in [1.29, 1.82) is 0 Å². The topological polar surface area (TPSA) is 55.8 Å². The first-order valence-corrected chi connectivity index (χ1v) is 9.15. The summed E-state index contributed by atoms with van der Waals surface area (Å²) in [5.41, 5.74) is -0.453. The molecule has 0 saturated carbocycles. The molecule has 2 bridgehead atoms. The average molecular weight is 380 g/mol. The van der Waals surface area contributed by atoms with Crippen LogP contribution in [0.3, 0.4) is 0 Å². The molecule has 3 aliphatic heterocycles. The van der Waals surface area contributed by atoms with Crippen molar-refractivity contribution in [2.45, 2.75) is 31.5 Å². The second-order valence-electron chi connectivity index (χ2n) is 6.94. The van der Waals surface area contributed by atoms with Gasteiger partial charge in [-0.2, -0.15) is 0 Å². The summed E-state index contributed by atoms with van der Waals surface area (Å²) in [4.78, 5) is 27.1. The lowest BCUT2D eigenvalue weighted by Crippen LogP contribution is -2.40. The number of carbonyl (C=O) groups is 2. The van der Waals surface area contributed by atoms with Crippen LogP contribution < -0.4 is 4.90 Å². The second-order valence-corrected chi connectivity index (χ2v) is 7.35. The Morgan fingerprint density at radius 2 is 2.31 bits per heavy atom. The molecule has 3 heterocycles. The molecule has 1 amide bonds. The number of nitrogens with zero attached hydrogens (tertiary/aromatic N) is 1. The predicted octanol–water partition coefficient (Wildman–Crippen LogP) is 3.11. The van der Waals surface area contributed by atoms with Gasteiger partial charge in [-0.1, -0.05) is 37.1 Å². The van der Waals surface area contributed by atoms with Crippen LogP contribution in [-0.2, 0) is 19.1 Å². The van der Waals surface area contributed by atoms with Crippen LogP contribution in [0.4, 0.5) is 10.1 Å². The SMILES string of the molecule is CCCCOC(=O)[C@H]1[C@H]2C=C[C@@]3(CN(c4ccc(Cl)c(F)c4)C(=O)[C@@H]13)O2. The van der Waals surface area contributed by atoms with Gasteiger partial charge < -0.3 is 14.4 Å². The van der Waals surface area contributed by atoms with E-state index >= 15 is 0 Å². The minimum absolute atomic E-state index is 0.00629. The number of carbonyl (C=O) groups excluding carboxylic acids is 2. The smallest absolute Gasteiger partial charge is 0.312 e. The third-order valence-electron chi connectivity index (χ3n) is 5.33. The van der Waals surface area contributed by atoms with E-state index in [-0.39, 0.29) is 17.5 Å². The first kappa shape index (κ1) is 17.5. The molecule has 4 atom stereocenters. The molecule has 7 heteroatoms. The summed E-state index contributed by atoms with van der Waals surface area (Å²) in [6.45, 7) is 2.58. The molecule has 0 unspecified atom stereocenters. The number of halogens is 2. The number of fused-ring (bicyclic) bond motifs is 1. The lowest BCUT2D eigenvalue weighted by Gasteiger charge is -2.22. The molecular weight excluding hydrogens is 361 g/mol. The highest BCUT2D eigenvalue weighted by Crippen LogP contribution is 2.53. The fourth-order valence-corrected chi connectivity index (χ4v) is 4.17. The number of benzene rings is 1. The zero-order valence-electron chi connectivity index (χ0n) is 14.3. The van der Waals surface area contributed by atoms with Crippen LogP contribution in [0.2, 0.25) is 5.02 Å². The Bertz CT molecular complexity index is 798. The molecule has 138 valence electrons. The van der Waals surface area contributed by atoms with Gasteiger partial charge in [-0.15, -0.1) is 0 Å². The molecule has 1 spiro atoms. The van der Waals surface area contributed by atoms with Crippen molar-refractivity contribution in [3.05, 3.63) is 41.2 Å². The van der Waals surface area contributed by atoms with Crippen molar-refractivity contribution in [1.82, 2.24) is 0 Å². The number of unbranched alkanes of at least 4 members (excludes halogenated alkanes) is 1. The number of esters is 1. The quantitative estimate of drug-likeness (QED) is 0.448. The minimum Gasteiger partial charge on any atom is -0.465 e. The molecule has 0 aliphatic carbocycles. The molecule has 2 saturated heterocycles. The highest BCUT2D eigenvalue weighted by molar-refractivity contribution is 6.30. The van der Waals surface area contributed by atoms with Crippen LogP contribution in [0.15, 0.2) is 30.4 Å². The summed E-state index contributed by atoms with van der Waals surface area (Å²) in [5.74, 6) is -2.56. The lowest BCUT2D eigenvalue weighted by atomic mass is 9.77. The maximum absolute atomic E-state index is 13.8. The van der Waals surface area contributed by atoms with E-state index in [9.17, 15) is 14.0 Å². The predicted molar refractivity (Wildman–Crippen MR) is 93.4 cm³/mol. The molecule has 4 rings (SSSR count). The fraction of sp³-hybridized carbons (Fsp3) is 0.474. The molecule has 3 aliphatic rings. The van der Waals surface area contributed by atoms with Crippen molar-refractivity contribution in [2.24, 2.45) is 11.8 Å². The standard InChI is InChI=1S/C19H19ClFNO4/c1-2-3-8-25-18(24)15-14-6-7-19(26-14)10-22(17(23)16(15)19)11-4-5-12(20)13(21)9-11/h4-7,9,14-16H,2-3,8,10H2,1H3/t14-,15+,16-,19+/m1/s1. The van der Waals surface area contributed by atoms with Gasteiger partial charge in [0.1, 0.15) is 17.3 Å². The summed E-state index contributed by atoms with van der Waals surface area (Å²) < 4.78 is 25.2. The number of hydrogen-bond donors (Lipinski definition) is 0. The van der Waals surface area contributed by atoms with Crippen molar-refractivity contribution >= 4 is 29.2 Å². The Labute approximate surface area is 155 Å². The maximum Gasteiger partial charge on any atom is 0.312 e. The van der Waals surface area contributed by atoms with E-state index < -0.39 is 35.3 Å². The van der Waals surface area contributed by atoms with Crippen molar-refractivity contribution in [3.8, 4) is 0 Å². The summed E-state index contributed by atoms with van der Waals surface area (Å²) in [6.07, 6.45) is 4.92. The number of anilines is 1. The molecule has 2 fully saturated rings. The Kier molecular flexibility index (Phi) is 4.28. The Morgan fingerprint density at radius 1 is 1.50 bits per heavy atom. The average Bonchev–Trinajstić information content (AvgIpc) is 3.26. The second kappa shape index (κ2) is 6.35. The molecule has 1 aromatic rings. The first-order chi connectivity index (χ1) is 12.5. The van der Waals surface area contributed by atoms with E-state index in [0.717, 1.165) is 12.8 Å². The van der Waals surface area contributed by atoms with E-state index in [0.29, 0.717) is 12.3 Å². The zero-order valence-corrected chi connectivity index (χ0v) is 15.0. The summed E-state index contributed by atoms with van der Waals surface area (Å²) in [6, 6.07) is 4.23. The van der Waals surface area contributed by atoms with Crippen LogP contribution in [0.25, 0.3) is 0 Å². The third kappa shape index (κ3) is 2.55. The minimum atomic E-state index is -0.855. The van der Waals surface area contributed by atoms with Crippen molar-refractivity contribution in [2.75, 3.05) is 18.1 Å². The first-order valence-electron chi connectivity index (χ1n) is 8.77. The third-order valence-corrected chi connectivity index (χ3v) is 5.64. The van der Waals surface area contributed by atoms with Crippen molar-refractivity contribution < 1.29 is 23.5 Å². The van der Waals surface area contributed by atoms with E-state index in [1.54, 1.807) is 6.07 Å². The van der Waals surface area contributed by atoms with Crippen LogP contribution >= 0.6 is 11.6 Å². The molecule has 1 aromatic carbocycles. The molecule has 0 aromatic heterocycles. The molecular formula is C19H19ClFNO4. The maximum atomic E-state index is 13.8. The monoisotopic (exact) mass is 379 g/mol. The fourth-order valence-electron chi connectivity index (χ4n) is 4.05. The van der Waals surface area contributed by atoms with Gasteiger partial charge in [0.25, 0.3) is 0 Å². The van der Waals surface area contributed by atoms with Crippen LogP contribution in [0.1, 0.15) is 19.8 Å². The molecule has 0 N–H and O–H groups in total. The van der Waals surface area contributed by atoms with Gasteiger partial charge in [0, 0.05) is 5.69 Å². The van der Waals surface area contributed by atoms with Gasteiger partial charge in [0.15, 0.2) is 0 Å². The molecule has 0 radical (unpaired) electrons. The Morgan fingerprint density at radius 3 is 3.04 bits per heavy atom.